The number of rotatable bonds is 4. The highest BCUT2D eigenvalue weighted by atomic mass is 16.2. The van der Waals surface area contributed by atoms with Crippen molar-refractivity contribution in [3.05, 3.63) is 35.9 Å². The zero-order chi connectivity index (χ0) is 13.7. The van der Waals surface area contributed by atoms with E-state index in [9.17, 15) is 9.59 Å². The van der Waals surface area contributed by atoms with Crippen molar-refractivity contribution in [1.29, 1.82) is 0 Å². The maximum atomic E-state index is 12.0. The van der Waals surface area contributed by atoms with Crippen LogP contribution in [0.25, 0.3) is 0 Å². The van der Waals surface area contributed by atoms with Crippen molar-refractivity contribution in [1.82, 2.24) is 9.80 Å². The molecule has 0 aliphatic carbocycles. The average molecular weight is 260 g/mol. The van der Waals surface area contributed by atoms with Crippen molar-refractivity contribution in [2.24, 2.45) is 0 Å². The first-order chi connectivity index (χ1) is 9.15. The maximum absolute atomic E-state index is 12.0. The molecular formula is C15H20N2O2. The lowest BCUT2D eigenvalue weighted by molar-refractivity contribution is -0.130. The highest BCUT2D eigenvalue weighted by Gasteiger charge is 2.20. The quantitative estimate of drug-likeness (QED) is 0.809. The first-order valence-electron chi connectivity index (χ1n) is 6.68. The summed E-state index contributed by atoms with van der Waals surface area (Å²) >= 11 is 0. The summed E-state index contributed by atoms with van der Waals surface area (Å²) in [6.07, 6.45) is 0.494. The largest absolute Gasteiger partial charge is 0.340 e. The Morgan fingerprint density at radius 3 is 2.26 bits per heavy atom. The number of ketones is 1. The van der Waals surface area contributed by atoms with Crippen molar-refractivity contribution in [3.8, 4) is 0 Å². The van der Waals surface area contributed by atoms with Gasteiger partial charge in [-0.3, -0.25) is 14.5 Å². The predicted molar refractivity (Wildman–Crippen MR) is 73.8 cm³/mol. The normalized spacial score (nSPS) is 16.4. The molecule has 0 saturated carbocycles. The molecule has 1 aliphatic heterocycles. The van der Waals surface area contributed by atoms with Crippen molar-refractivity contribution >= 4 is 11.7 Å². The number of piperazine rings is 1. The van der Waals surface area contributed by atoms with Crippen LogP contribution in [0.4, 0.5) is 0 Å². The highest BCUT2D eigenvalue weighted by Crippen LogP contribution is 2.04. The molecule has 0 aromatic heterocycles. The van der Waals surface area contributed by atoms with Gasteiger partial charge in [-0.25, -0.2) is 0 Å². The summed E-state index contributed by atoms with van der Waals surface area (Å²) in [5, 5.41) is 0. The molecule has 1 aromatic rings. The van der Waals surface area contributed by atoms with Gasteiger partial charge in [-0.05, 0) is 5.56 Å². The zero-order valence-electron chi connectivity index (χ0n) is 11.3. The zero-order valence-corrected chi connectivity index (χ0v) is 11.3. The third-order valence-corrected chi connectivity index (χ3v) is 3.46. The summed E-state index contributed by atoms with van der Waals surface area (Å²) in [5.74, 6) is 0.359. The van der Waals surface area contributed by atoms with Crippen LogP contribution >= 0.6 is 0 Å². The molecule has 1 aliphatic rings. The van der Waals surface area contributed by atoms with E-state index in [4.69, 9.17) is 0 Å². The number of benzene rings is 1. The van der Waals surface area contributed by atoms with Crippen LogP contribution < -0.4 is 0 Å². The number of nitrogens with zero attached hydrogens (tertiary/aromatic N) is 2. The number of hydrogen-bond acceptors (Lipinski definition) is 3. The third kappa shape index (κ3) is 4.17. The fourth-order valence-corrected chi connectivity index (χ4v) is 2.35. The van der Waals surface area contributed by atoms with Gasteiger partial charge in [0, 0.05) is 39.5 Å². The van der Waals surface area contributed by atoms with Gasteiger partial charge in [-0.1, -0.05) is 30.3 Å². The monoisotopic (exact) mass is 260 g/mol. The molecule has 1 saturated heterocycles. The average Bonchev–Trinajstić information content (AvgIpc) is 2.40. The van der Waals surface area contributed by atoms with Crippen LogP contribution in [0.1, 0.15) is 12.5 Å². The Morgan fingerprint density at radius 2 is 1.68 bits per heavy atom. The fourth-order valence-electron chi connectivity index (χ4n) is 2.35. The van der Waals surface area contributed by atoms with E-state index in [2.05, 4.69) is 4.90 Å². The van der Waals surface area contributed by atoms with E-state index in [1.165, 1.54) is 0 Å². The topological polar surface area (TPSA) is 40.6 Å². The molecule has 1 amide bonds. The van der Waals surface area contributed by atoms with Crippen molar-refractivity contribution in [2.75, 3.05) is 32.7 Å². The maximum Gasteiger partial charge on any atom is 0.219 e. The Kier molecular flexibility index (Phi) is 4.68. The molecule has 0 N–H and O–H groups in total. The van der Waals surface area contributed by atoms with Crippen LogP contribution in [-0.2, 0) is 16.0 Å². The number of amides is 1. The number of carbonyl (C=O) groups is 2. The molecule has 4 heteroatoms. The summed E-state index contributed by atoms with van der Waals surface area (Å²) < 4.78 is 0. The summed E-state index contributed by atoms with van der Waals surface area (Å²) in [4.78, 5) is 27.1. The van der Waals surface area contributed by atoms with E-state index in [1.54, 1.807) is 6.92 Å². The second kappa shape index (κ2) is 6.48. The Bertz CT molecular complexity index is 437. The van der Waals surface area contributed by atoms with Gasteiger partial charge in [0.15, 0.2) is 5.78 Å². The second-order valence-electron chi connectivity index (χ2n) is 4.98. The Hall–Kier alpha value is -1.68. The van der Waals surface area contributed by atoms with Gasteiger partial charge < -0.3 is 4.90 Å². The van der Waals surface area contributed by atoms with Crippen LogP contribution in [0.3, 0.4) is 0 Å². The van der Waals surface area contributed by atoms with Gasteiger partial charge in [0.25, 0.3) is 0 Å². The molecule has 0 radical (unpaired) electrons. The van der Waals surface area contributed by atoms with Crippen LogP contribution in [0.2, 0.25) is 0 Å². The van der Waals surface area contributed by atoms with Gasteiger partial charge in [0.1, 0.15) is 0 Å². The number of carbonyl (C=O) groups excluding carboxylic acids is 2. The van der Waals surface area contributed by atoms with Crippen molar-refractivity contribution < 1.29 is 9.59 Å². The van der Waals surface area contributed by atoms with E-state index in [1.807, 2.05) is 35.2 Å². The van der Waals surface area contributed by atoms with Gasteiger partial charge in [0.2, 0.25) is 5.91 Å². The minimum atomic E-state index is 0.121. The third-order valence-electron chi connectivity index (χ3n) is 3.46. The molecule has 0 atom stereocenters. The van der Waals surface area contributed by atoms with Gasteiger partial charge in [0.05, 0.1) is 6.54 Å². The van der Waals surface area contributed by atoms with Crippen LogP contribution in [0.5, 0.6) is 0 Å². The first-order valence-corrected chi connectivity index (χ1v) is 6.68. The van der Waals surface area contributed by atoms with Crippen LogP contribution in [-0.4, -0.2) is 54.2 Å². The van der Waals surface area contributed by atoms with Crippen molar-refractivity contribution in [3.63, 3.8) is 0 Å². The molecule has 0 unspecified atom stereocenters. The van der Waals surface area contributed by atoms with E-state index in [0.717, 1.165) is 31.7 Å². The molecular weight excluding hydrogens is 240 g/mol. The minimum absolute atomic E-state index is 0.121. The summed E-state index contributed by atoms with van der Waals surface area (Å²) in [6.45, 7) is 5.12. The molecule has 1 fully saturated rings. The molecule has 102 valence electrons. The minimum Gasteiger partial charge on any atom is -0.340 e. The van der Waals surface area contributed by atoms with Crippen LogP contribution in [0, 0.1) is 0 Å². The molecule has 0 bridgehead atoms. The predicted octanol–water partition coefficient (Wildman–Crippen LogP) is 0.962. The Balaban J connectivity index is 1.76. The van der Waals surface area contributed by atoms with E-state index in [0.29, 0.717) is 13.0 Å². The second-order valence-corrected chi connectivity index (χ2v) is 4.98. The first kappa shape index (κ1) is 13.7. The molecule has 2 rings (SSSR count). The van der Waals surface area contributed by atoms with E-state index < -0.39 is 0 Å². The van der Waals surface area contributed by atoms with Gasteiger partial charge in [-0.15, -0.1) is 0 Å². The Labute approximate surface area is 114 Å². The van der Waals surface area contributed by atoms with E-state index in [-0.39, 0.29) is 11.7 Å². The molecule has 1 heterocycles. The standard InChI is InChI=1S/C15H20N2O2/c1-13(18)17-9-7-16(8-10-17)12-15(19)11-14-5-3-2-4-6-14/h2-6H,7-12H2,1H3. The Morgan fingerprint density at radius 1 is 1.05 bits per heavy atom. The fraction of sp³-hybridized carbons (Fsp3) is 0.467. The molecule has 1 aromatic carbocycles. The lowest BCUT2D eigenvalue weighted by Gasteiger charge is -2.33. The lowest BCUT2D eigenvalue weighted by atomic mass is 10.1. The van der Waals surface area contributed by atoms with Crippen molar-refractivity contribution in [2.45, 2.75) is 13.3 Å². The van der Waals surface area contributed by atoms with E-state index >= 15 is 0 Å². The van der Waals surface area contributed by atoms with Crippen LogP contribution in [0.15, 0.2) is 30.3 Å². The SMILES string of the molecule is CC(=O)N1CCN(CC(=O)Cc2ccccc2)CC1. The molecule has 0 spiro atoms. The van der Waals surface area contributed by atoms with Gasteiger partial charge >= 0.3 is 0 Å². The molecule has 4 nitrogen and oxygen atoms in total. The smallest absolute Gasteiger partial charge is 0.219 e. The number of hydrogen-bond donors (Lipinski definition) is 0. The number of Topliss-reactive ketones (excluding diaryl/α,β-unsaturated/α-hetero) is 1. The summed E-state index contributed by atoms with van der Waals surface area (Å²) in [7, 11) is 0. The highest BCUT2D eigenvalue weighted by molar-refractivity contribution is 5.82. The molecule has 19 heavy (non-hydrogen) atoms. The lowest BCUT2D eigenvalue weighted by Crippen LogP contribution is -2.49. The summed E-state index contributed by atoms with van der Waals surface area (Å²) in [5.41, 5.74) is 1.06. The van der Waals surface area contributed by atoms with Gasteiger partial charge in [-0.2, -0.15) is 0 Å². The summed E-state index contributed by atoms with van der Waals surface area (Å²) in [6, 6.07) is 9.81.